The lowest BCUT2D eigenvalue weighted by Crippen LogP contribution is -2.32. The average Bonchev–Trinajstić information content (AvgIpc) is 3.00. The summed E-state index contributed by atoms with van der Waals surface area (Å²) in [4.78, 5) is 13.2. The van der Waals surface area contributed by atoms with Crippen LogP contribution in [0.4, 0.5) is 5.82 Å². The maximum absolute atomic E-state index is 11.7. The Balaban J connectivity index is 2.34. The number of aromatic nitrogens is 1. The van der Waals surface area contributed by atoms with Gasteiger partial charge in [-0.3, -0.25) is 0 Å². The van der Waals surface area contributed by atoms with Crippen molar-refractivity contribution in [1.82, 2.24) is 5.16 Å². The van der Waals surface area contributed by atoms with Crippen LogP contribution in [0.2, 0.25) is 0 Å². The van der Waals surface area contributed by atoms with Gasteiger partial charge in [0.2, 0.25) is 0 Å². The van der Waals surface area contributed by atoms with Crippen LogP contribution < -0.4 is 9.64 Å². The number of likely N-dealkylation sites (N-methyl/N-ethyl adjacent to an activating group) is 1. The molecule has 2 rings (SSSR count). The van der Waals surface area contributed by atoms with Crippen molar-refractivity contribution >= 4 is 11.8 Å². The van der Waals surface area contributed by atoms with Gasteiger partial charge in [-0.05, 0) is 24.3 Å². The number of carboxylic acid groups (broad SMARTS) is 1. The molecule has 1 unspecified atom stereocenters. The van der Waals surface area contributed by atoms with E-state index >= 15 is 0 Å². The fourth-order valence-corrected chi connectivity index (χ4v) is 2.32. The minimum absolute atomic E-state index is 0.0627. The topological polar surface area (TPSA) is 105 Å². The third-order valence-corrected chi connectivity index (χ3v) is 3.45. The summed E-state index contributed by atoms with van der Waals surface area (Å²) in [5, 5.41) is 23.2. The van der Waals surface area contributed by atoms with E-state index in [4.69, 9.17) is 14.0 Å². The van der Waals surface area contributed by atoms with Crippen molar-refractivity contribution in [2.75, 3.05) is 39.3 Å². The number of nitrogens with zero attached hydrogens (tertiary/aromatic N) is 2. The SMILES string of the molecule is COCC(O)CN(C)c1noc(-c2ccc(OC)cc2)c1C(=O)O. The second kappa shape index (κ2) is 7.80. The van der Waals surface area contributed by atoms with Gasteiger partial charge in [-0.15, -0.1) is 0 Å². The van der Waals surface area contributed by atoms with Crippen molar-refractivity contribution in [3.8, 4) is 17.1 Å². The van der Waals surface area contributed by atoms with Gasteiger partial charge in [0.05, 0.1) is 19.8 Å². The molecule has 1 heterocycles. The Kier molecular flexibility index (Phi) is 5.78. The first-order valence-corrected chi connectivity index (χ1v) is 7.23. The molecule has 2 aromatic rings. The van der Waals surface area contributed by atoms with Crippen LogP contribution in [0.3, 0.4) is 0 Å². The highest BCUT2D eigenvalue weighted by Gasteiger charge is 2.27. The number of aliphatic hydroxyl groups is 1. The van der Waals surface area contributed by atoms with Crippen LogP contribution in [0.25, 0.3) is 11.3 Å². The van der Waals surface area contributed by atoms with Gasteiger partial charge < -0.3 is 29.1 Å². The summed E-state index contributed by atoms with van der Waals surface area (Å²) >= 11 is 0. The van der Waals surface area contributed by atoms with E-state index in [0.29, 0.717) is 11.3 Å². The third kappa shape index (κ3) is 3.84. The average molecular weight is 336 g/mol. The van der Waals surface area contributed by atoms with Gasteiger partial charge in [0.1, 0.15) is 5.75 Å². The summed E-state index contributed by atoms with van der Waals surface area (Å²) < 4.78 is 15.2. The number of aliphatic hydroxyl groups excluding tert-OH is 1. The quantitative estimate of drug-likeness (QED) is 0.747. The zero-order valence-electron chi connectivity index (χ0n) is 13.7. The van der Waals surface area contributed by atoms with Gasteiger partial charge in [-0.25, -0.2) is 4.79 Å². The van der Waals surface area contributed by atoms with Gasteiger partial charge in [-0.1, -0.05) is 5.16 Å². The summed E-state index contributed by atoms with van der Waals surface area (Å²) in [6.07, 6.45) is -0.775. The largest absolute Gasteiger partial charge is 0.497 e. The second-order valence-electron chi connectivity index (χ2n) is 5.23. The molecule has 1 aromatic heterocycles. The molecule has 0 saturated heterocycles. The number of rotatable bonds is 8. The summed E-state index contributed by atoms with van der Waals surface area (Å²) in [6, 6.07) is 6.79. The van der Waals surface area contributed by atoms with Crippen molar-refractivity contribution in [3.63, 3.8) is 0 Å². The van der Waals surface area contributed by atoms with Crippen molar-refractivity contribution in [2.24, 2.45) is 0 Å². The van der Waals surface area contributed by atoms with Crippen LogP contribution in [-0.2, 0) is 4.74 Å². The number of aromatic carboxylic acids is 1. The van der Waals surface area contributed by atoms with Crippen molar-refractivity contribution in [3.05, 3.63) is 29.8 Å². The van der Waals surface area contributed by atoms with Crippen LogP contribution >= 0.6 is 0 Å². The monoisotopic (exact) mass is 336 g/mol. The Hall–Kier alpha value is -2.58. The van der Waals surface area contributed by atoms with E-state index in [9.17, 15) is 15.0 Å². The number of hydrogen-bond acceptors (Lipinski definition) is 7. The second-order valence-corrected chi connectivity index (χ2v) is 5.23. The van der Waals surface area contributed by atoms with Crippen LogP contribution in [-0.4, -0.2) is 61.9 Å². The van der Waals surface area contributed by atoms with E-state index in [0.717, 1.165) is 0 Å². The zero-order valence-corrected chi connectivity index (χ0v) is 13.7. The number of methoxy groups -OCH3 is 2. The first-order chi connectivity index (χ1) is 11.5. The highest BCUT2D eigenvalue weighted by molar-refractivity contribution is 5.99. The number of benzene rings is 1. The Labute approximate surface area is 139 Å². The fraction of sp³-hybridized carbons (Fsp3) is 0.375. The van der Waals surface area contributed by atoms with Crippen LogP contribution in [0.1, 0.15) is 10.4 Å². The van der Waals surface area contributed by atoms with Gasteiger partial charge in [0, 0.05) is 26.3 Å². The highest BCUT2D eigenvalue weighted by Crippen LogP contribution is 2.32. The van der Waals surface area contributed by atoms with E-state index < -0.39 is 12.1 Å². The molecule has 0 fully saturated rings. The van der Waals surface area contributed by atoms with Gasteiger partial charge in [-0.2, -0.15) is 0 Å². The molecule has 0 aliphatic rings. The molecule has 1 atom stereocenters. The van der Waals surface area contributed by atoms with Crippen LogP contribution in [0, 0.1) is 0 Å². The molecule has 0 aliphatic heterocycles. The number of hydrogen-bond donors (Lipinski definition) is 2. The molecule has 8 nitrogen and oxygen atoms in total. The van der Waals surface area contributed by atoms with Gasteiger partial charge >= 0.3 is 5.97 Å². The van der Waals surface area contributed by atoms with E-state index in [2.05, 4.69) is 5.16 Å². The molecule has 0 radical (unpaired) electrons. The van der Waals surface area contributed by atoms with Crippen molar-refractivity contribution in [2.45, 2.75) is 6.10 Å². The standard InChI is InChI=1S/C16H20N2O6/c1-18(8-11(19)9-22-2)15-13(16(20)21)14(24-17-15)10-4-6-12(23-3)7-5-10/h4-7,11,19H,8-9H2,1-3H3,(H,20,21). The van der Waals surface area contributed by atoms with Crippen molar-refractivity contribution in [1.29, 1.82) is 0 Å². The van der Waals surface area contributed by atoms with E-state index in [1.807, 2.05) is 0 Å². The number of carboxylic acids is 1. The highest BCUT2D eigenvalue weighted by atomic mass is 16.5. The Morgan fingerprint density at radius 2 is 2.00 bits per heavy atom. The molecule has 0 saturated carbocycles. The minimum Gasteiger partial charge on any atom is -0.497 e. The lowest BCUT2D eigenvalue weighted by molar-refractivity contribution is 0.0680. The predicted octanol–water partition coefficient (Wildman–Crippen LogP) is 1.49. The van der Waals surface area contributed by atoms with Gasteiger partial charge in [0.25, 0.3) is 0 Å². The molecule has 1 aromatic carbocycles. The summed E-state index contributed by atoms with van der Waals surface area (Å²) in [5.41, 5.74) is 0.505. The molecule has 24 heavy (non-hydrogen) atoms. The normalized spacial score (nSPS) is 12.0. The Morgan fingerprint density at radius 1 is 1.33 bits per heavy atom. The molecule has 0 aliphatic carbocycles. The molecule has 0 bridgehead atoms. The maximum Gasteiger partial charge on any atom is 0.343 e. The van der Waals surface area contributed by atoms with E-state index in [-0.39, 0.29) is 30.3 Å². The van der Waals surface area contributed by atoms with Crippen molar-refractivity contribution < 1.29 is 29.0 Å². The third-order valence-electron chi connectivity index (χ3n) is 3.45. The van der Waals surface area contributed by atoms with Gasteiger partial charge in [0.15, 0.2) is 17.1 Å². The fourth-order valence-electron chi connectivity index (χ4n) is 2.32. The number of ether oxygens (including phenoxy) is 2. The summed E-state index contributed by atoms with van der Waals surface area (Å²) in [7, 11) is 4.65. The smallest absolute Gasteiger partial charge is 0.343 e. The first kappa shape index (κ1) is 17.8. The first-order valence-electron chi connectivity index (χ1n) is 7.23. The molecular weight excluding hydrogens is 316 g/mol. The number of carbonyl (C=O) groups is 1. The molecule has 0 spiro atoms. The molecule has 130 valence electrons. The van der Waals surface area contributed by atoms with Crippen LogP contribution in [0.5, 0.6) is 5.75 Å². The zero-order chi connectivity index (χ0) is 17.7. The molecule has 2 N–H and O–H groups in total. The molecule has 8 heteroatoms. The summed E-state index contributed by atoms with van der Waals surface area (Å²) in [5.74, 6) is -0.225. The minimum atomic E-state index is -1.16. The Morgan fingerprint density at radius 3 is 2.54 bits per heavy atom. The lowest BCUT2D eigenvalue weighted by Gasteiger charge is -2.20. The lowest BCUT2D eigenvalue weighted by atomic mass is 10.1. The maximum atomic E-state index is 11.7. The van der Waals surface area contributed by atoms with E-state index in [1.54, 1.807) is 38.4 Å². The number of anilines is 1. The van der Waals surface area contributed by atoms with Crippen LogP contribution in [0.15, 0.2) is 28.8 Å². The molecular formula is C16H20N2O6. The molecule has 0 amide bonds. The predicted molar refractivity (Wildman–Crippen MR) is 86.6 cm³/mol. The Bertz CT molecular complexity index is 682. The summed E-state index contributed by atoms with van der Waals surface area (Å²) in [6.45, 7) is 0.290. The van der Waals surface area contributed by atoms with E-state index in [1.165, 1.54) is 12.0 Å².